The van der Waals surface area contributed by atoms with Crippen LogP contribution in [0.15, 0.2) is 29.3 Å². The van der Waals surface area contributed by atoms with E-state index in [0.29, 0.717) is 6.54 Å². The van der Waals surface area contributed by atoms with Gasteiger partial charge in [0.05, 0.1) is 6.54 Å². The molecular formula is C11H10ClN. The van der Waals surface area contributed by atoms with Gasteiger partial charge < -0.3 is 0 Å². The molecule has 0 aliphatic carbocycles. The molecule has 0 heterocycles. The van der Waals surface area contributed by atoms with Gasteiger partial charge in [-0.2, -0.15) is 0 Å². The first-order chi connectivity index (χ1) is 6.33. The van der Waals surface area contributed by atoms with E-state index in [2.05, 4.69) is 16.8 Å². The highest BCUT2D eigenvalue weighted by atomic mass is 35.5. The third-order valence-corrected chi connectivity index (χ3v) is 1.71. The van der Waals surface area contributed by atoms with Crippen LogP contribution in [-0.2, 0) is 0 Å². The van der Waals surface area contributed by atoms with Crippen LogP contribution in [-0.4, -0.2) is 12.8 Å². The normalized spacial score (nSPS) is 9.69. The maximum absolute atomic E-state index is 5.73. The lowest BCUT2D eigenvalue weighted by molar-refractivity contribution is 1.30. The lowest BCUT2D eigenvalue weighted by atomic mass is 10.2. The first kappa shape index (κ1) is 9.83. The average molecular weight is 192 g/mol. The molecule has 2 heteroatoms. The number of benzene rings is 1. The molecule has 0 spiro atoms. The van der Waals surface area contributed by atoms with Crippen molar-refractivity contribution < 1.29 is 0 Å². The fourth-order valence-electron chi connectivity index (χ4n) is 0.825. The fourth-order valence-corrected chi connectivity index (χ4v) is 0.951. The van der Waals surface area contributed by atoms with Crippen molar-refractivity contribution in [1.82, 2.24) is 0 Å². The van der Waals surface area contributed by atoms with Crippen LogP contribution < -0.4 is 0 Å². The molecule has 0 N–H and O–H groups in total. The highest BCUT2D eigenvalue weighted by Crippen LogP contribution is 2.07. The van der Waals surface area contributed by atoms with Gasteiger partial charge in [-0.05, 0) is 24.6 Å². The predicted molar refractivity (Wildman–Crippen MR) is 57.4 cm³/mol. The summed E-state index contributed by atoms with van der Waals surface area (Å²) in [6.45, 7) is 2.36. The minimum absolute atomic E-state index is 0.555. The van der Waals surface area contributed by atoms with Crippen molar-refractivity contribution in [3.8, 4) is 11.8 Å². The van der Waals surface area contributed by atoms with E-state index in [1.807, 2.05) is 24.3 Å². The van der Waals surface area contributed by atoms with E-state index in [-0.39, 0.29) is 0 Å². The number of nitrogens with zero attached hydrogens (tertiary/aromatic N) is 1. The van der Waals surface area contributed by atoms with Crippen LogP contribution in [0.5, 0.6) is 0 Å². The van der Waals surface area contributed by atoms with Crippen molar-refractivity contribution in [3.63, 3.8) is 0 Å². The molecule has 0 aliphatic rings. The van der Waals surface area contributed by atoms with Gasteiger partial charge >= 0.3 is 0 Å². The van der Waals surface area contributed by atoms with Crippen molar-refractivity contribution in [3.05, 3.63) is 34.9 Å². The van der Waals surface area contributed by atoms with Gasteiger partial charge in [0.15, 0.2) is 0 Å². The summed E-state index contributed by atoms with van der Waals surface area (Å²) in [5.41, 5.74) is 1.04. The van der Waals surface area contributed by atoms with Crippen LogP contribution in [0, 0.1) is 11.8 Å². The summed E-state index contributed by atoms with van der Waals surface area (Å²) in [5, 5.41) is 0.741. The Morgan fingerprint density at radius 3 is 2.69 bits per heavy atom. The molecule has 0 aliphatic heterocycles. The minimum Gasteiger partial charge on any atom is -0.280 e. The van der Waals surface area contributed by atoms with Gasteiger partial charge in [0.1, 0.15) is 0 Å². The Morgan fingerprint density at radius 1 is 1.38 bits per heavy atom. The van der Waals surface area contributed by atoms with Crippen molar-refractivity contribution in [2.45, 2.75) is 6.92 Å². The quantitative estimate of drug-likeness (QED) is 0.504. The van der Waals surface area contributed by atoms with E-state index in [1.54, 1.807) is 13.1 Å². The molecule has 1 aromatic rings. The summed E-state index contributed by atoms with van der Waals surface area (Å²) in [6.07, 6.45) is 1.79. The summed E-state index contributed by atoms with van der Waals surface area (Å²) < 4.78 is 0. The van der Waals surface area contributed by atoms with Gasteiger partial charge in [-0.15, -0.1) is 5.92 Å². The Kier molecular flexibility index (Phi) is 4.08. The molecule has 13 heavy (non-hydrogen) atoms. The number of halogens is 1. The monoisotopic (exact) mass is 191 g/mol. The SMILES string of the molecule is CC#CCN=Cc1ccc(Cl)cc1. The molecule has 0 fully saturated rings. The average Bonchev–Trinajstić information content (AvgIpc) is 2.15. The van der Waals surface area contributed by atoms with Gasteiger partial charge in [0.2, 0.25) is 0 Å². The van der Waals surface area contributed by atoms with Crippen molar-refractivity contribution in [1.29, 1.82) is 0 Å². The molecule has 0 bridgehead atoms. The smallest absolute Gasteiger partial charge is 0.0997 e. The number of rotatable bonds is 2. The second-order valence-electron chi connectivity index (χ2n) is 2.45. The van der Waals surface area contributed by atoms with E-state index in [1.165, 1.54) is 0 Å². The molecule has 0 atom stereocenters. The van der Waals surface area contributed by atoms with Gasteiger partial charge in [-0.3, -0.25) is 4.99 Å². The van der Waals surface area contributed by atoms with Crippen LogP contribution in [0.1, 0.15) is 12.5 Å². The molecule has 0 saturated carbocycles. The molecule has 0 unspecified atom stereocenters. The lowest BCUT2D eigenvalue weighted by Gasteiger charge is -1.91. The third kappa shape index (κ3) is 3.78. The standard InChI is InChI=1S/C11H10ClN/c1-2-3-8-13-9-10-4-6-11(12)7-5-10/h4-7,9H,8H2,1H3. The highest BCUT2D eigenvalue weighted by Gasteiger charge is 1.86. The number of hydrogen-bond acceptors (Lipinski definition) is 1. The van der Waals surface area contributed by atoms with Gasteiger partial charge in [0, 0.05) is 11.2 Å². The first-order valence-electron chi connectivity index (χ1n) is 3.98. The third-order valence-electron chi connectivity index (χ3n) is 1.46. The van der Waals surface area contributed by atoms with Gasteiger partial charge in [0.25, 0.3) is 0 Å². The predicted octanol–water partition coefficient (Wildman–Crippen LogP) is 2.78. The van der Waals surface area contributed by atoms with Crippen molar-refractivity contribution >= 4 is 17.8 Å². The topological polar surface area (TPSA) is 12.4 Å². The Labute approximate surface area is 83.5 Å². The van der Waals surface area contributed by atoms with E-state index in [4.69, 9.17) is 11.6 Å². The molecular weight excluding hydrogens is 182 g/mol. The largest absolute Gasteiger partial charge is 0.280 e. The van der Waals surface area contributed by atoms with Crippen LogP contribution in [0.3, 0.4) is 0 Å². The Balaban J connectivity index is 2.57. The maximum Gasteiger partial charge on any atom is 0.0997 e. The second-order valence-corrected chi connectivity index (χ2v) is 2.88. The molecule has 1 rings (SSSR count). The second kappa shape index (κ2) is 5.40. The van der Waals surface area contributed by atoms with Crippen LogP contribution in [0.2, 0.25) is 5.02 Å². The molecule has 0 amide bonds. The van der Waals surface area contributed by atoms with Crippen LogP contribution >= 0.6 is 11.6 Å². The highest BCUT2D eigenvalue weighted by molar-refractivity contribution is 6.30. The molecule has 66 valence electrons. The van der Waals surface area contributed by atoms with E-state index >= 15 is 0 Å². The molecule has 0 radical (unpaired) electrons. The van der Waals surface area contributed by atoms with Gasteiger partial charge in [-0.1, -0.05) is 29.7 Å². The zero-order valence-electron chi connectivity index (χ0n) is 7.42. The molecule has 1 nitrogen and oxygen atoms in total. The summed E-state index contributed by atoms with van der Waals surface area (Å²) in [5.74, 6) is 5.63. The molecule has 1 aromatic carbocycles. The summed E-state index contributed by atoms with van der Waals surface area (Å²) >= 11 is 5.73. The Hall–Kier alpha value is -1.26. The summed E-state index contributed by atoms with van der Waals surface area (Å²) in [6, 6.07) is 7.53. The maximum atomic E-state index is 5.73. The minimum atomic E-state index is 0.555. The zero-order chi connectivity index (χ0) is 9.52. The van der Waals surface area contributed by atoms with Crippen LogP contribution in [0.4, 0.5) is 0 Å². The lowest BCUT2D eigenvalue weighted by Crippen LogP contribution is -1.81. The molecule has 0 aromatic heterocycles. The van der Waals surface area contributed by atoms with Crippen molar-refractivity contribution in [2.75, 3.05) is 6.54 Å². The number of hydrogen-bond donors (Lipinski definition) is 0. The Bertz CT molecular complexity index is 341. The summed E-state index contributed by atoms with van der Waals surface area (Å²) in [4.78, 5) is 4.12. The van der Waals surface area contributed by atoms with E-state index < -0.39 is 0 Å². The molecule has 0 saturated heterocycles. The first-order valence-corrected chi connectivity index (χ1v) is 4.35. The van der Waals surface area contributed by atoms with E-state index in [0.717, 1.165) is 10.6 Å². The zero-order valence-corrected chi connectivity index (χ0v) is 8.17. The van der Waals surface area contributed by atoms with Crippen LogP contribution in [0.25, 0.3) is 0 Å². The number of aliphatic imine (C=N–C) groups is 1. The van der Waals surface area contributed by atoms with Crippen molar-refractivity contribution in [2.24, 2.45) is 4.99 Å². The van der Waals surface area contributed by atoms with E-state index in [9.17, 15) is 0 Å². The Morgan fingerprint density at radius 2 is 2.08 bits per heavy atom. The fraction of sp³-hybridized carbons (Fsp3) is 0.182. The summed E-state index contributed by atoms with van der Waals surface area (Å²) in [7, 11) is 0. The van der Waals surface area contributed by atoms with Gasteiger partial charge in [-0.25, -0.2) is 0 Å².